The number of halogens is 2. The van der Waals surface area contributed by atoms with Gasteiger partial charge in [0.25, 0.3) is 5.91 Å². The Kier molecular flexibility index (Phi) is 5.74. The maximum Gasteiger partial charge on any atom is 0.272 e. The zero-order chi connectivity index (χ0) is 15.9. The van der Waals surface area contributed by atoms with Crippen LogP contribution >= 0.6 is 27.5 Å². The first kappa shape index (κ1) is 16.3. The van der Waals surface area contributed by atoms with Crippen LogP contribution in [0.5, 0.6) is 0 Å². The van der Waals surface area contributed by atoms with E-state index in [1.807, 2.05) is 0 Å². The van der Waals surface area contributed by atoms with Crippen LogP contribution in [0.25, 0.3) is 0 Å². The lowest BCUT2D eigenvalue weighted by atomic mass is 10.1. The number of nitrogens with one attached hydrogen (secondary N) is 1. The summed E-state index contributed by atoms with van der Waals surface area (Å²) in [6.45, 7) is -0.183. The Hall–Kier alpha value is -2.12. The molecule has 8 heteroatoms. The predicted octanol–water partition coefficient (Wildman–Crippen LogP) is 3.40. The summed E-state index contributed by atoms with van der Waals surface area (Å²) in [5, 5.41) is 7.26. The molecule has 112 valence electrons. The van der Waals surface area contributed by atoms with Gasteiger partial charge >= 0.3 is 0 Å². The summed E-state index contributed by atoms with van der Waals surface area (Å²) in [4.78, 5) is 26.4. The molecule has 0 aliphatic carbocycles. The van der Waals surface area contributed by atoms with Crippen molar-refractivity contribution in [2.45, 2.75) is 0 Å². The van der Waals surface area contributed by atoms with E-state index < -0.39 is 5.91 Å². The Balaban J connectivity index is 2.20. The number of hydrazone groups is 1. The number of carbonyl (C=O) groups is 1. The third-order valence-corrected chi connectivity index (χ3v) is 3.30. The largest absolute Gasteiger partial charge is 0.272 e. The Morgan fingerprint density at radius 1 is 1.27 bits per heavy atom. The molecule has 1 heterocycles. The van der Waals surface area contributed by atoms with Gasteiger partial charge in [0.2, 0.25) is 0 Å². The smallest absolute Gasteiger partial charge is 0.267 e. The molecule has 0 spiro atoms. The molecule has 0 unspecified atom stereocenters. The summed E-state index contributed by atoms with van der Waals surface area (Å²) in [7, 11) is 0. The maximum absolute atomic E-state index is 12.0. The highest BCUT2D eigenvalue weighted by Gasteiger charge is 2.09. The number of amides is 1. The van der Waals surface area contributed by atoms with Gasteiger partial charge in [-0.15, -0.1) is 0 Å². The van der Waals surface area contributed by atoms with E-state index in [1.54, 1.807) is 36.5 Å². The van der Waals surface area contributed by atoms with E-state index in [-0.39, 0.29) is 6.54 Å². The molecule has 0 aliphatic heterocycles. The molecule has 1 aromatic heterocycles. The number of benzene rings is 1. The van der Waals surface area contributed by atoms with E-state index in [1.165, 1.54) is 6.20 Å². The van der Waals surface area contributed by atoms with Crippen molar-refractivity contribution in [2.24, 2.45) is 10.3 Å². The van der Waals surface area contributed by atoms with Gasteiger partial charge in [-0.2, -0.15) is 10.0 Å². The van der Waals surface area contributed by atoms with Crippen LogP contribution in [-0.4, -0.2) is 23.1 Å². The number of pyridine rings is 1. The molecule has 6 nitrogen and oxygen atoms in total. The molecule has 0 radical (unpaired) electrons. The lowest BCUT2D eigenvalue weighted by Crippen LogP contribution is -2.21. The number of rotatable bonds is 5. The summed E-state index contributed by atoms with van der Waals surface area (Å²) >= 11 is 9.13. The Labute approximate surface area is 139 Å². The Morgan fingerprint density at radius 2 is 2.09 bits per heavy atom. The van der Waals surface area contributed by atoms with Crippen molar-refractivity contribution in [2.75, 3.05) is 6.54 Å². The van der Waals surface area contributed by atoms with Crippen LogP contribution in [0.4, 0.5) is 0 Å². The highest BCUT2D eigenvalue weighted by atomic mass is 79.9. The van der Waals surface area contributed by atoms with Gasteiger partial charge in [0.1, 0.15) is 6.54 Å². The van der Waals surface area contributed by atoms with Crippen molar-refractivity contribution in [3.8, 4) is 0 Å². The fourth-order valence-electron chi connectivity index (χ4n) is 1.64. The van der Waals surface area contributed by atoms with Crippen molar-refractivity contribution >= 4 is 39.1 Å². The zero-order valence-electron chi connectivity index (χ0n) is 11.2. The second kappa shape index (κ2) is 7.77. The molecule has 1 N–H and O–H groups in total. The van der Waals surface area contributed by atoms with Gasteiger partial charge in [0.15, 0.2) is 0 Å². The number of hydrogen-bond donors (Lipinski definition) is 1. The van der Waals surface area contributed by atoms with Crippen LogP contribution < -0.4 is 5.43 Å². The van der Waals surface area contributed by atoms with Gasteiger partial charge in [0, 0.05) is 27.5 Å². The van der Waals surface area contributed by atoms with Crippen molar-refractivity contribution in [3.05, 3.63) is 68.3 Å². The summed E-state index contributed by atoms with van der Waals surface area (Å²) in [5.74, 6) is -0.445. The molecule has 2 rings (SSSR count). The van der Waals surface area contributed by atoms with Gasteiger partial charge in [-0.25, -0.2) is 5.43 Å². The van der Waals surface area contributed by atoms with Crippen LogP contribution in [0.1, 0.15) is 15.9 Å². The molecule has 1 amide bonds. The van der Waals surface area contributed by atoms with Gasteiger partial charge in [-0.3, -0.25) is 9.78 Å². The molecule has 1 aromatic carbocycles. The Bertz CT molecular complexity index is 736. The molecular formula is C14H10BrClN4O2. The molecular weight excluding hydrogens is 372 g/mol. The second-order valence-electron chi connectivity index (χ2n) is 4.19. The zero-order valence-corrected chi connectivity index (χ0v) is 13.5. The second-order valence-corrected chi connectivity index (χ2v) is 5.54. The average Bonchev–Trinajstić information content (AvgIpc) is 2.51. The third kappa shape index (κ3) is 4.44. The summed E-state index contributed by atoms with van der Waals surface area (Å²) in [5.41, 5.74) is 3.64. The molecule has 0 atom stereocenters. The minimum Gasteiger partial charge on any atom is -0.267 e. The topological polar surface area (TPSA) is 83.8 Å². The summed E-state index contributed by atoms with van der Waals surface area (Å²) < 4.78 is 0.675. The minimum absolute atomic E-state index is 0.183. The molecule has 0 saturated carbocycles. The fourth-order valence-corrected chi connectivity index (χ4v) is 2.19. The van der Waals surface area contributed by atoms with Crippen molar-refractivity contribution in [1.82, 2.24) is 10.4 Å². The quantitative estimate of drug-likeness (QED) is 0.489. The first-order valence-electron chi connectivity index (χ1n) is 6.12. The SMILES string of the molecule is O=NCC(=NNC(=O)c1cncc(Br)c1)c1cccc(Cl)c1. The molecule has 0 aliphatic rings. The molecule has 22 heavy (non-hydrogen) atoms. The maximum atomic E-state index is 12.0. The first-order valence-corrected chi connectivity index (χ1v) is 7.30. The van der Waals surface area contributed by atoms with E-state index in [9.17, 15) is 9.70 Å². The highest BCUT2D eigenvalue weighted by Crippen LogP contribution is 2.12. The lowest BCUT2D eigenvalue weighted by molar-refractivity contribution is 0.0954. The van der Waals surface area contributed by atoms with Crippen molar-refractivity contribution in [1.29, 1.82) is 0 Å². The highest BCUT2D eigenvalue weighted by molar-refractivity contribution is 9.10. The van der Waals surface area contributed by atoms with E-state index in [4.69, 9.17) is 11.6 Å². The molecule has 0 saturated heterocycles. The summed E-state index contributed by atoms with van der Waals surface area (Å²) in [6.07, 6.45) is 2.97. The van der Waals surface area contributed by atoms with Gasteiger partial charge in [-0.1, -0.05) is 28.9 Å². The lowest BCUT2D eigenvalue weighted by Gasteiger charge is -2.05. The van der Waals surface area contributed by atoms with Gasteiger partial charge in [-0.05, 0) is 34.1 Å². The molecule has 0 bridgehead atoms. The van der Waals surface area contributed by atoms with E-state index >= 15 is 0 Å². The monoisotopic (exact) mass is 380 g/mol. The van der Waals surface area contributed by atoms with Crippen molar-refractivity contribution < 1.29 is 4.79 Å². The van der Waals surface area contributed by atoms with E-state index in [2.05, 4.69) is 36.6 Å². The number of nitrogens with zero attached hydrogens (tertiary/aromatic N) is 3. The average molecular weight is 382 g/mol. The fraction of sp³-hybridized carbons (Fsp3) is 0.0714. The van der Waals surface area contributed by atoms with Crippen LogP contribution in [-0.2, 0) is 0 Å². The first-order chi connectivity index (χ1) is 10.6. The van der Waals surface area contributed by atoms with Crippen LogP contribution in [0.15, 0.2) is 57.5 Å². The van der Waals surface area contributed by atoms with Crippen LogP contribution in [0.3, 0.4) is 0 Å². The number of aromatic nitrogens is 1. The summed E-state index contributed by atoms with van der Waals surface area (Å²) in [6, 6.07) is 8.39. The predicted molar refractivity (Wildman–Crippen MR) is 88.1 cm³/mol. The van der Waals surface area contributed by atoms with Crippen LogP contribution in [0, 0.1) is 4.91 Å². The molecule has 0 fully saturated rings. The minimum atomic E-state index is -0.445. The van der Waals surface area contributed by atoms with E-state index in [0.717, 1.165) is 0 Å². The number of hydrogen-bond acceptors (Lipinski definition) is 5. The van der Waals surface area contributed by atoms with Gasteiger partial charge < -0.3 is 0 Å². The Morgan fingerprint density at radius 3 is 2.77 bits per heavy atom. The van der Waals surface area contributed by atoms with E-state index in [0.29, 0.717) is 26.3 Å². The van der Waals surface area contributed by atoms with Crippen molar-refractivity contribution in [3.63, 3.8) is 0 Å². The standard InChI is InChI=1S/C14H10BrClN4O2/c15-11-4-10(6-17-7-11)14(21)20-19-13(8-18-22)9-2-1-3-12(16)5-9/h1-7H,8H2,(H,20,21). The number of nitroso groups, excluding NO2 is 1. The third-order valence-electron chi connectivity index (χ3n) is 2.63. The number of carbonyl (C=O) groups excluding carboxylic acids is 1. The van der Waals surface area contributed by atoms with Gasteiger partial charge in [0.05, 0.1) is 11.3 Å². The normalized spacial score (nSPS) is 11.1. The molecule has 2 aromatic rings. The van der Waals surface area contributed by atoms with Crippen LogP contribution in [0.2, 0.25) is 5.02 Å².